The quantitative estimate of drug-likeness (QED) is 0.0186. The normalized spacial score (nSPS) is 22.6. The first-order valence-corrected chi connectivity index (χ1v) is 29.2. The molecule has 0 saturated carbocycles. The number of nitrogens with two attached hydrogens (primary N) is 1. The number of carbonyl (C=O) groups is 6. The third-order valence-corrected chi connectivity index (χ3v) is 13.9. The van der Waals surface area contributed by atoms with Crippen molar-refractivity contribution in [3.63, 3.8) is 0 Å². The van der Waals surface area contributed by atoms with E-state index in [9.17, 15) is 59.4 Å². The number of ether oxygens (including phenoxy) is 8. The zero-order valence-corrected chi connectivity index (χ0v) is 49.6. The third-order valence-electron chi connectivity index (χ3n) is 13.9. The molecular formula is C56H104ClN3O20. The summed E-state index contributed by atoms with van der Waals surface area (Å²) in [6.07, 6.45) is 15.5. The zero-order chi connectivity index (χ0) is 58.9. The molecule has 0 aliphatic carbocycles. The highest BCUT2D eigenvalue weighted by Crippen LogP contribution is 2.31. The molecule has 2 fully saturated rings. The fraction of sp³-hybridized carbons (Fsp3) is 0.893. The van der Waals surface area contributed by atoms with Crippen LogP contribution in [0.4, 0.5) is 4.79 Å². The van der Waals surface area contributed by atoms with Crippen LogP contribution in [0.5, 0.6) is 0 Å². The van der Waals surface area contributed by atoms with Crippen LogP contribution in [0, 0.1) is 5.92 Å². The molecule has 2 amide bonds. The summed E-state index contributed by atoms with van der Waals surface area (Å²) < 4.78 is 42.5. The van der Waals surface area contributed by atoms with E-state index in [0.717, 1.165) is 141 Å². The summed E-state index contributed by atoms with van der Waals surface area (Å²) in [5.74, 6) is -1.96. The number of esters is 4. The Labute approximate surface area is 481 Å². The Morgan fingerprint density at radius 2 is 0.912 bits per heavy atom. The van der Waals surface area contributed by atoms with Crippen LogP contribution in [0.3, 0.4) is 0 Å². The molecule has 470 valence electrons. The van der Waals surface area contributed by atoms with Crippen molar-refractivity contribution in [2.75, 3.05) is 73.4 Å². The number of nitrogens with zero attached hydrogens (tertiary/aromatic N) is 1. The highest BCUT2D eigenvalue weighted by Gasteiger charge is 2.50. The van der Waals surface area contributed by atoms with Gasteiger partial charge >= 0.3 is 30.0 Å². The average molecular weight is 1170 g/mol. The van der Waals surface area contributed by atoms with E-state index in [4.69, 9.17) is 43.6 Å². The van der Waals surface area contributed by atoms with Crippen LogP contribution in [0.2, 0.25) is 0 Å². The van der Waals surface area contributed by atoms with Gasteiger partial charge in [-0.15, -0.1) is 0 Å². The van der Waals surface area contributed by atoms with Gasteiger partial charge in [0, 0.05) is 32.6 Å². The lowest BCUT2D eigenvalue weighted by Crippen LogP contribution is -3.00. The molecule has 9 N–H and O–H groups in total. The molecule has 80 heavy (non-hydrogen) atoms. The number of quaternary nitrogens is 1. The van der Waals surface area contributed by atoms with Crippen molar-refractivity contribution in [2.24, 2.45) is 11.7 Å². The van der Waals surface area contributed by atoms with Crippen LogP contribution in [0.15, 0.2) is 0 Å². The number of hydrogen-bond acceptors (Lipinski definition) is 20. The smallest absolute Gasteiger partial charge is 0.404 e. The number of aliphatic hydroxyl groups excluding tert-OH is 6. The number of amides is 2. The van der Waals surface area contributed by atoms with Crippen molar-refractivity contribution in [3.05, 3.63) is 0 Å². The monoisotopic (exact) mass is 1170 g/mol. The lowest BCUT2D eigenvalue weighted by molar-refractivity contribution is -0.883. The second kappa shape index (κ2) is 46.9. The van der Waals surface area contributed by atoms with Crippen molar-refractivity contribution in [1.82, 2.24) is 5.32 Å². The van der Waals surface area contributed by atoms with Gasteiger partial charge in [-0.1, -0.05) is 122 Å². The molecule has 0 bridgehead atoms. The van der Waals surface area contributed by atoms with Crippen LogP contribution in [-0.2, 0) is 61.9 Å². The molecule has 23 nitrogen and oxygen atoms in total. The molecule has 2 saturated heterocycles. The van der Waals surface area contributed by atoms with Crippen molar-refractivity contribution in [2.45, 2.75) is 243 Å². The van der Waals surface area contributed by atoms with E-state index in [1.807, 2.05) is 14.1 Å². The van der Waals surface area contributed by atoms with E-state index in [1.165, 1.54) is 33.6 Å². The number of aliphatic hydroxyl groups is 6. The summed E-state index contributed by atoms with van der Waals surface area (Å²) in [5, 5.41) is 61.5. The summed E-state index contributed by atoms with van der Waals surface area (Å²) >= 11 is 0. The molecule has 2 rings (SSSR count). The minimum absolute atomic E-state index is 0. The lowest BCUT2D eigenvalue weighted by atomic mass is 9.91. The van der Waals surface area contributed by atoms with Gasteiger partial charge in [0.15, 0.2) is 19.1 Å². The van der Waals surface area contributed by atoms with Gasteiger partial charge in [0.2, 0.25) is 5.91 Å². The molecule has 0 radical (unpaired) electrons. The minimum Gasteiger partial charge on any atom is -1.00 e. The summed E-state index contributed by atoms with van der Waals surface area (Å²) in [6.45, 7) is 5.90. The fourth-order valence-corrected chi connectivity index (χ4v) is 9.04. The number of unbranched alkanes of at least 4 members (excludes halogenated alkanes) is 21. The predicted octanol–water partition coefficient (Wildman–Crippen LogP) is 1.52. The highest BCUT2D eigenvalue weighted by molar-refractivity contribution is 5.73. The molecule has 0 aromatic carbocycles. The van der Waals surface area contributed by atoms with Crippen molar-refractivity contribution < 1.29 is 114 Å². The molecular weight excluding hydrogens is 1070 g/mol. The maximum Gasteiger partial charge on any atom is 0.404 e. The molecule has 4 unspecified atom stereocenters. The number of carbonyl (C=O) groups excluding carboxylic acids is 6. The maximum atomic E-state index is 12.1. The SMILES string of the molecule is CC(=O)NC1[C@@H](O[C@H]2C(CO)O[C@H](O)C(C)[C@@H]2O)OC(CO)[C@H](O)[C@H]1O.CC(=O)OCC[N+](C)(C)CC(=O)OCCCCCCCCCCOC(=O)CCCCCCCCCCC(=O)OCCCCCCCCCCOC(N)=O.[Cl-]. The Bertz CT molecular complexity index is 1650. The Hall–Kier alpha value is -3.49. The molecule has 10 atom stereocenters. The van der Waals surface area contributed by atoms with Gasteiger partial charge in [0.25, 0.3) is 0 Å². The third kappa shape index (κ3) is 37.6. The number of rotatable bonds is 43. The van der Waals surface area contributed by atoms with E-state index in [1.54, 1.807) is 0 Å². The van der Waals surface area contributed by atoms with Gasteiger partial charge in [-0.2, -0.15) is 0 Å². The molecule has 0 spiro atoms. The van der Waals surface area contributed by atoms with Gasteiger partial charge in [-0.3, -0.25) is 19.2 Å². The van der Waals surface area contributed by atoms with Crippen LogP contribution in [0.1, 0.15) is 188 Å². The van der Waals surface area contributed by atoms with Crippen molar-refractivity contribution in [1.29, 1.82) is 0 Å². The molecule has 2 aliphatic rings. The average Bonchev–Trinajstić information content (AvgIpc) is 3.39. The Morgan fingerprint density at radius 1 is 0.512 bits per heavy atom. The molecule has 0 aromatic heterocycles. The van der Waals surface area contributed by atoms with Gasteiger partial charge in [-0.25, -0.2) is 9.59 Å². The summed E-state index contributed by atoms with van der Waals surface area (Å²) in [7, 11) is 3.83. The van der Waals surface area contributed by atoms with E-state index in [2.05, 4.69) is 5.32 Å². The lowest BCUT2D eigenvalue weighted by Gasteiger charge is -2.46. The Balaban J connectivity index is 0.00000192. The van der Waals surface area contributed by atoms with Crippen LogP contribution in [0.25, 0.3) is 0 Å². The number of likely N-dealkylation sites (N-methyl/N-ethyl adjacent to an activating group) is 1. The van der Waals surface area contributed by atoms with E-state index in [-0.39, 0.29) is 42.8 Å². The van der Waals surface area contributed by atoms with Crippen molar-refractivity contribution in [3.8, 4) is 0 Å². The van der Waals surface area contributed by atoms with Gasteiger partial charge < -0.3 is 96.5 Å². The van der Waals surface area contributed by atoms with E-state index < -0.39 is 86.4 Å². The standard InChI is InChI=1S/C41H76N2O10.C15H27NO10.ClH/c1-37(44)49-35-30-43(2,3)36-40(47)52-33-26-20-14-7-6-12-18-24-31-50-38(45)28-22-16-10-4-5-11-17-23-29-39(46)51-32-25-19-13-8-9-15-21-27-34-53-41(42)48;1-5-10(20)13(8(4-18)24-14(5)23)26-15-9(16-6(2)19)12(22)11(21)7(3-17)25-15;/h4-36H2,1-3H3,(H-,42,48);5,7-15,17-18,20-23H,3-4H2,1-2H3,(H,16,19);1H/t;5?,7?,8?,9?,10-,11-,12-,13-,14-,15+;/m.0./s1. The summed E-state index contributed by atoms with van der Waals surface area (Å²) in [5.41, 5.74) is 4.93. The number of halogens is 1. The molecule has 24 heteroatoms. The molecule has 0 aromatic rings. The topological polar surface area (TPSA) is 336 Å². The Kier molecular flexibility index (Phi) is 44.9. The van der Waals surface area contributed by atoms with Gasteiger partial charge in [0.1, 0.15) is 49.7 Å². The second-order valence-corrected chi connectivity index (χ2v) is 21.6. The summed E-state index contributed by atoms with van der Waals surface area (Å²) in [6, 6.07) is -1.20. The van der Waals surface area contributed by atoms with Gasteiger partial charge in [0.05, 0.1) is 59.8 Å². The maximum absolute atomic E-state index is 12.1. The number of hydrogen-bond donors (Lipinski definition) is 8. The van der Waals surface area contributed by atoms with Crippen molar-refractivity contribution >= 4 is 35.9 Å². The number of primary amides is 1. The minimum atomic E-state index is -1.51. The Morgan fingerprint density at radius 3 is 1.31 bits per heavy atom. The molecule has 2 heterocycles. The largest absolute Gasteiger partial charge is 1.00 e. The fourth-order valence-electron chi connectivity index (χ4n) is 9.04. The zero-order valence-electron chi connectivity index (χ0n) is 48.8. The predicted molar refractivity (Wildman–Crippen MR) is 290 cm³/mol. The van der Waals surface area contributed by atoms with Crippen LogP contribution in [-0.4, -0.2) is 200 Å². The molecule has 2 aliphatic heterocycles. The van der Waals surface area contributed by atoms with Crippen LogP contribution >= 0.6 is 0 Å². The highest BCUT2D eigenvalue weighted by atomic mass is 35.5. The second-order valence-electron chi connectivity index (χ2n) is 21.6. The number of nitrogens with one attached hydrogen (secondary N) is 1. The first kappa shape index (κ1) is 76.5. The van der Waals surface area contributed by atoms with E-state index >= 15 is 0 Å². The first-order valence-electron chi connectivity index (χ1n) is 29.2. The van der Waals surface area contributed by atoms with Crippen LogP contribution < -0.4 is 23.5 Å². The first-order chi connectivity index (χ1) is 37.7. The van der Waals surface area contributed by atoms with Gasteiger partial charge in [-0.05, 0) is 38.5 Å². The van der Waals surface area contributed by atoms with E-state index in [0.29, 0.717) is 56.9 Å². The summed E-state index contributed by atoms with van der Waals surface area (Å²) in [4.78, 5) is 68.8.